The molecule has 0 radical (unpaired) electrons. The van der Waals surface area contributed by atoms with Gasteiger partial charge in [0.1, 0.15) is 0 Å². The summed E-state index contributed by atoms with van der Waals surface area (Å²) in [5, 5.41) is 5.39. The molecular weight excluding hydrogens is 330 g/mol. The van der Waals surface area contributed by atoms with E-state index in [0.717, 1.165) is 31.7 Å². The summed E-state index contributed by atoms with van der Waals surface area (Å²) >= 11 is 0. The zero-order chi connectivity index (χ0) is 18.7. The molecular formula is C19H27N5O2. The molecule has 2 aliphatic rings. The van der Waals surface area contributed by atoms with Crippen molar-refractivity contribution >= 4 is 23.2 Å². The summed E-state index contributed by atoms with van der Waals surface area (Å²) in [6.45, 7) is 6.49. The summed E-state index contributed by atoms with van der Waals surface area (Å²) < 4.78 is 0. The average Bonchev–Trinajstić information content (AvgIpc) is 3.07. The Morgan fingerprint density at radius 2 is 2.12 bits per heavy atom. The van der Waals surface area contributed by atoms with E-state index in [1.165, 1.54) is 0 Å². The van der Waals surface area contributed by atoms with E-state index in [2.05, 4.69) is 32.7 Å². The summed E-state index contributed by atoms with van der Waals surface area (Å²) in [7, 11) is 0. The van der Waals surface area contributed by atoms with Crippen LogP contribution in [0.1, 0.15) is 30.6 Å². The molecule has 7 nitrogen and oxygen atoms in total. The van der Waals surface area contributed by atoms with E-state index in [1.54, 1.807) is 6.07 Å². The molecule has 140 valence electrons. The van der Waals surface area contributed by atoms with Gasteiger partial charge in [-0.25, -0.2) is 0 Å². The molecule has 7 heteroatoms. The predicted octanol–water partition coefficient (Wildman–Crippen LogP) is 0.931. The van der Waals surface area contributed by atoms with Crippen molar-refractivity contribution in [1.29, 1.82) is 0 Å². The van der Waals surface area contributed by atoms with Gasteiger partial charge in [0.05, 0.1) is 12.1 Å². The lowest BCUT2D eigenvalue weighted by Gasteiger charge is -2.39. The van der Waals surface area contributed by atoms with Crippen LogP contribution >= 0.6 is 0 Å². The third-order valence-corrected chi connectivity index (χ3v) is 4.74. The Morgan fingerprint density at radius 1 is 1.31 bits per heavy atom. The van der Waals surface area contributed by atoms with Crippen molar-refractivity contribution in [2.75, 3.05) is 36.8 Å². The number of hydrogen-bond acceptors (Lipinski definition) is 5. The normalized spacial score (nSPS) is 18.8. The summed E-state index contributed by atoms with van der Waals surface area (Å²) in [5.41, 5.74) is 7.81. The van der Waals surface area contributed by atoms with Gasteiger partial charge in [0.15, 0.2) is 0 Å². The highest BCUT2D eigenvalue weighted by molar-refractivity contribution is 6.01. The van der Waals surface area contributed by atoms with Gasteiger partial charge in [-0.2, -0.15) is 0 Å². The maximum atomic E-state index is 12.5. The van der Waals surface area contributed by atoms with Crippen molar-refractivity contribution in [2.45, 2.75) is 32.4 Å². The molecule has 1 fully saturated rings. The monoisotopic (exact) mass is 357 g/mol. The van der Waals surface area contributed by atoms with E-state index in [1.807, 2.05) is 26.0 Å². The van der Waals surface area contributed by atoms with Gasteiger partial charge >= 0.3 is 0 Å². The molecule has 0 aromatic heterocycles. The number of benzene rings is 1. The Bertz CT molecular complexity index is 716. The standard InChI is InChI=1S/C19H27N5O2/c1-13(2)22-18(25)11-21-19(26)16-10-14(5-6-17(16)20)24-9-8-23-7-3-4-15(23)12-24/h3,5-7,10,13,15H,4,8-9,11-12,20H2,1-2H3,(H,21,26)(H,22,25). The van der Waals surface area contributed by atoms with Crippen molar-refractivity contribution < 1.29 is 9.59 Å². The van der Waals surface area contributed by atoms with Crippen LogP contribution in [-0.4, -0.2) is 55.0 Å². The number of nitrogen functional groups attached to an aromatic ring is 1. The zero-order valence-corrected chi connectivity index (χ0v) is 15.4. The maximum absolute atomic E-state index is 12.5. The number of carbonyl (C=O) groups is 2. The van der Waals surface area contributed by atoms with Crippen molar-refractivity contribution in [2.24, 2.45) is 0 Å². The number of fused-ring (bicyclic) bond motifs is 1. The first-order valence-electron chi connectivity index (χ1n) is 9.08. The van der Waals surface area contributed by atoms with Crippen molar-refractivity contribution in [3.63, 3.8) is 0 Å². The van der Waals surface area contributed by atoms with Crippen molar-refractivity contribution in [3.8, 4) is 0 Å². The van der Waals surface area contributed by atoms with Gasteiger partial charge < -0.3 is 26.2 Å². The molecule has 1 aromatic rings. The van der Waals surface area contributed by atoms with E-state index >= 15 is 0 Å². The molecule has 0 bridgehead atoms. The van der Waals surface area contributed by atoms with Gasteiger partial charge in [0.25, 0.3) is 5.91 Å². The van der Waals surface area contributed by atoms with Crippen LogP contribution in [0.15, 0.2) is 30.5 Å². The molecule has 1 unspecified atom stereocenters. The molecule has 26 heavy (non-hydrogen) atoms. The van der Waals surface area contributed by atoms with Gasteiger partial charge in [-0.05, 0) is 44.7 Å². The number of amides is 2. The zero-order valence-electron chi connectivity index (χ0n) is 15.4. The lowest BCUT2D eigenvalue weighted by Crippen LogP contribution is -2.49. The van der Waals surface area contributed by atoms with E-state index in [-0.39, 0.29) is 24.4 Å². The number of nitrogens with one attached hydrogen (secondary N) is 2. The Kier molecular flexibility index (Phi) is 5.35. The summed E-state index contributed by atoms with van der Waals surface area (Å²) in [6.07, 6.45) is 5.44. The molecule has 0 aliphatic carbocycles. The highest BCUT2D eigenvalue weighted by Gasteiger charge is 2.27. The number of nitrogens with two attached hydrogens (primary N) is 1. The van der Waals surface area contributed by atoms with Gasteiger partial charge in [-0.1, -0.05) is 6.08 Å². The number of nitrogens with zero attached hydrogens (tertiary/aromatic N) is 2. The van der Waals surface area contributed by atoms with E-state index in [4.69, 9.17) is 5.73 Å². The van der Waals surface area contributed by atoms with E-state index in [9.17, 15) is 9.59 Å². The molecule has 0 spiro atoms. The first-order valence-corrected chi connectivity index (χ1v) is 9.08. The Hall–Kier alpha value is -2.70. The van der Waals surface area contributed by atoms with Crippen LogP contribution in [0.3, 0.4) is 0 Å². The minimum atomic E-state index is -0.329. The minimum absolute atomic E-state index is 0.0385. The van der Waals surface area contributed by atoms with Gasteiger partial charge in [0.2, 0.25) is 5.91 Å². The highest BCUT2D eigenvalue weighted by atomic mass is 16.2. The van der Waals surface area contributed by atoms with Crippen LogP contribution in [0.25, 0.3) is 0 Å². The fourth-order valence-corrected chi connectivity index (χ4v) is 3.43. The molecule has 0 saturated carbocycles. The quantitative estimate of drug-likeness (QED) is 0.682. The molecule has 1 saturated heterocycles. The molecule has 3 rings (SSSR count). The number of hydrogen-bond donors (Lipinski definition) is 3. The van der Waals surface area contributed by atoms with Crippen molar-refractivity contribution in [1.82, 2.24) is 15.5 Å². The highest BCUT2D eigenvalue weighted by Crippen LogP contribution is 2.26. The van der Waals surface area contributed by atoms with Crippen LogP contribution in [0.2, 0.25) is 0 Å². The lowest BCUT2D eigenvalue weighted by atomic mass is 10.1. The minimum Gasteiger partial charge on any atom is -0.398 e. The summed E-state index contributed by atoms with van der Waals surface area (Å²) in [5.74, 6) is -0.544. The Labute approximate surface area is 154 Å². The molecule has 1 aromatic carbocycles. The van der Waals surface area contributed by atoms with Gasteiger partial charge in [-0.3, -0.25) is 9.59 Å². The molecule has 1 atom stereocenters. The Balaban J connectivity index is 1.65. The van der Waals surface area contributed by atoms with Crippen LogP contribution in [0.4, 0.5) is 11.4 Å². The number of anilines is 2. The predicted molar refractivity (Wildman–Crippen MR) is 103 cm³/mol. The molecule has 2 heterocycles. The fourth-order valence-electron chi connectivity index (χ4n) is 3.43. The SMILES string of the molecule is CC(C)NC(=O)CNC(=O)c1cc(N2CCN3C=CCC3C2)ccc1N. The van der Waals surface area contributed by atoms with Gasteiger partial charge in [0, 0.05) is 43.1 Å². The largest absolute Gasteiger partial charge is 0.398 e. The molecule has 2 amide bonds. The van der Waals surface area contributed by atoms with Crippen LogP contribution in [0, 0.1) is 0 Å². The van der Waals surface area contributed by atoms with E-state index in [0.29, 0.717) is 17.3 Å². The summed E-state index contributed by atoms with van der Waals surface area (Å²) in [6, 6.07) is 6.07. The second-order valence-electron chi connectivity index (χ2n) is 7.13. The number of carbonyl (C=O) groups excluding carboxylic acids is 2. The maximum Gasteiger partial charge on any atom is 0.253 e. The smallest absolute Gasteiger partial charge is 0.253 e. The van der Waals surface area contributed by atoms with Crippen LogP contribution in [-0.2, 0) is 4.79 Å². The summed E-state index contributed by atoms with van der Waals surface area (Å²) in [4.78, 5) is 28.8. The topological polar surface area (TPSA) is 90.7 Å². The third-order valence-electron chi connectivity index (χ3n) is 4.74. The fraction of sp³-hybridized carbons (Fsp3) is 0.474. The number of rotatable bonds is 5. The second kappa shape index (κ2) is 7.68. The van der Waals surface area contributed by atoms with Crippen LogP contribution in [0.5, 0.6) is 0 Å². The van der Waals surface area contributed by atoms with Crippen molar-refractivity contribution in [3.05, 3.63) is 36.0 Å². The van der Waals surface area contributed by atoms with Gasteiger partial charge in [-0.15, -0.1) is 0 Å². The number of piperazine rings is 1. The first-order chi connectivity index (χ1) is 12.4. The lowest BCUT2D eigenvalue weighted by molar-refractivity contribution is -0.120. The molecule has 4 N–H and O–H groups in total. The van der Waals surface area contributed by atoms with Crippen LogP contribution < -0.4 is 21.3 Å². The van der Waals surface area contributed by atoms with E-state index < -0.39 is 0 Å². The third kappa shape index (κ3) is 4.09. The average molecular weight is 357 g/mol. The molecule has 2 aliphatic heterocycles. The Morgan fingerprint density at radius 3 is 2.88 bits per heavy atom. The first kappa shape index (κ1) is 18.1. The second-order valence-corrected chi connectivity index (χ2v) is 7.13.